The van der Waals surface area contributed by atoms with E-state index in [9.17, 15) is 0 Å². The molecule has 4 heteroatoms. The monoisotopic (exact) mass is 199 g/mol. The Balaban J connectivity index is 2.35. The van der Waals surface area contributed by atoms with Crippen LogP contribution in [0.2, 0.25) is 0 Å². The fourth-order valence-electron chi connectivity index (χ4n) is 0.910. The first-order valence-corrected chi connectivity index (χ1v) is 4.86. The van der Waals surface area contributed by atoms with Crippen LogP contribution in [0.4, 0.5) is 0 Å². The van der Waals surface area contributed by atoms with E-state index in [0.717, 1.165) is 16.5 Å². The lowest BCUT2D eigenvalue weighted by Gasteiger charge is -1.86. The van der Waals surface area contributed by atoms with Crippen LogP contribution in [0.15, 0.2) is 28.2 Å². The molecule has 0 N–H and O–H groups in total. The van der Waals surface area contributed by atoms with Crippen molar-refractivity contribution in [3.8, 4) is 11.5 Å². The van der Waals surface area contributed by atoms with Gasteiger partial charge in [0.1, 0.15) is 10.7 Å². The summed E-state index contributed by atoms with van der Waals surface area (Å²) in [7, 11) is 0. The summed E-state index contributed by atoms with van der Waals surface area (Å²) in [5, 5.41) is 2.86. The highest BCUT2D eigenvalue weighted by Crippen LogP contribution is 2.22. The molecule has 2 rings (SSSR count). The van der Waals surface area contributed by atoms with Crippen molar-refractivity contribution in [3.05, 3.63) is 28.8 Å². The Morgan fingerprint density at radius 1 is 1.58 bits per heavy atom. The van der Waals surface area contributed by atoms with Crippen LogP contribution in [0.5, 0.6) is 0 Å². The first-order valence-electron chi connectivity index (χ1n) is 3.44. The number of rotatable bonds is 2. The average Bonchev–Trinajstić information content (AvgIpc) is 2.75. The lowest BCUT2D eigenvalue weighted by Crippen LogP contribution is -1.75. The van der Waals surface area contributed by atoms with Crippen molar-refractivity contribution in [2.75, 3.05) is 0 Å². The van der Waals surface area contributed by atoms with Crippen molar-refractivity contribution in [1.29, 1.82) is 0 Å². The molecular formula is C8H6ClNOS. The number of alkyl halides is 1. The maximum absolute atomic E-state index is 5.62. The van der Waals surface area contributed by atoms with Crippen LogP contribution in [0.1, 0.15) is 5.01 Å². The minimum absolute atomic E-state index is 0.464. The van der Waals surface area contributed by atoms with Crippen molar-refractivity contribution < 1.29 is 4.42 Å². The van der Waals surface area contributed by atoms with Gasteiger partial charge in [0.05, 0.1) is 12.1 Å². The summed E-state index contributed by atoms with van der Waals surface area (Å²) >= 11 is 7.16. The van der Waals surface area contributed by atoms with Crippen molar-refractivity contribution in [2.45, 2.75) is 5.88 Å². The van der Waals surface area contributed by atoms with Gasteiger partial charge >= 0.3 is 0 Å². The molecule has 0 aliphatic heterocycles. The third-order valence-electron chi connectivity index (χ3n) is 1.44. The molecule has 0 fully saturated rings. The van der Waals surface area contributed by atoms with Crippen molar-refractivity contribution in [1.82, 2.24) is 4.98 Å². The largest absolute Gasteiger partial charge is 0.463 e. The van der Waals surface area contributed by atoms with Gasteiger partial charge in [0.15, 0.2) is 5.76 Å². The third-order valence-corrected chi connectivity index (χ3v) is 2.70. The number of nitrogens with zero attached hydrogens (tertiary/aromatic N) is 1. The standard InChI is InChI=1S/C8H6ClNOS/c9-4-8-10-6(5-12-8)7-2-1-3-11-7/h1-3,5H,4H2. The third kappa shape index (κ3) is 1.38. The SMILES string of the molecule is ClCc1nc(-c2ccco2)cs1. The molecule has 0 aliphatic rings. The van der Waals surface area contributed by atoms with Gasteiger partial charge < -0.3 is 4.42 Å². The molecule has 0 unspecified atom stereocenters. The summed E-state index contributed by atoms with van der Waals surface area (Å²) in [5.74, 6) is 1.26. The van der Waals surface area contributed by atoms with Crippen LogP contribution < -0.4 is 0 Å². The summed E-state index contributed by atoms with van der Waals surface area (Å²) in [4.78, 5) is 4.26. The molecular weight excluding hydrogens is 194 g/mol. The van der Waals surface area contributed by atoms with E-state index in [4.69, 9.17) is 16.0 Å². The second kappa shape index (κ2) is 3.29. The number of aromatic nitrogens is 1. The summed E-state index contributed by atoms with van der Waals surface area (Å²) in [6.07, 6.45) is 1.63. The Morgan fingerprint density at radius 3 is 3.08 bits per heavy atom. The Morgan fingerprint density at radius 2 is 2.50 bits per heavy atom. The molecule has 0 saturated heterocycles. The first kappa shape index (κ1) is 7.83. The van der Waals surface area contributed by atoms with E-state index in [-0.39, 0.29) is 0 Å². The van der Waals surface area contributed by atoms with Crippen molar-refractivity contribution in [3.63, 3.8) is 0 Å². The molecule has 12 heavy (non-hydrogen) atoms. The maximum atomic E-state index is 5.62. The fraction of sp³-hybridized carbons (Fsp3) is 0.125. The quantitative estimate of drug-likeness (QED) is 0.695. The van der Waals surface area contributed by atoms with Gasteiger partial charge in [-0.05, 0) is 12.1 Å². The minimum atomic E-state index is 0.464. The maximum Gasteiger partial charge on any atom is 0.153 e. The number of hydrogen-bond donors (Lipinski definition) is 0. The van der Waals surface area contributed by atoms with Crippen LogP contribution in [0.25, 0.3) is 11.5 Å². The second-order valence-corrected chi connectivity index (χ2v) is 3.45. The Hall–Kier alpha value is -0.800. The molecule has 0 bridgehead atoms. The molecule has 0 atom stereocenters. The van der Waals surface area contributed by atoms with E-state index >= 15 is 0 Å². The summed E-state index contributed by atoms with van der Waals surface area (Å²) in [6, 6.07) is 3.72. The van der Waals surface area contributed by atoms with Crippen LogP contribution in [-0.2, 0) is 5.88 Å². The van der Waals surface area contributed by atoms with E-state index in [1.807, 2.05) is 17.5 Å². The minimum Gasteiger partial charge on any atom is -0.463 e. The highest BCUT2D eigenvalue weighted by atomic mass is 35.5. The van der Waals surface area contributed by atoms with E-state index < -0.39 is 0 Å². The van der Waals surface area contributed by atoms with Crippen molar-refractivity contribution in [2.24, 2.45) is 0 Å². The lowest BCUT2D eigenvalue weighted by atomic mass is 10.4. The van der Waals surface area contributed by atoms with Gasteiger partial charge in [-0.15, -0.1) is 22.9 Å². The summed E-state index contributed by atoms with van der Waals surface area (Å²) in [5.41, 5.74) is 0.862. The molecule has 62 valence electrons. The highest BCUT2D eigenvalue weighted by molar-refractivity contribution is 7.10. The van der Waals surface area contributed by atoms with Crippen molar-refractivity contribution >= 4 is 22.9 Å². The first-order chi connectivity index (χ1) is 5.90. The van der Waals surface area contributed by atoms with Gasteiger partial charge in [0, 0.05) is 5.38 Å². The topological polar surface area (TPSA) is 26.0 Å². The molecule has 0 aliphatic carbocycles. The van der Waals surface area contributed by atoms with Crippen LogP contribution in [-0.4, -0.2) is 4.98 Å². The number of thiazole rings is 1. The average molecular weight is 200 g/mol. The zero-order valence-corrected chi connectivity index (χ0v) is 7.73. The van der Waals surface area contributed by atoms with Gasteiger partial charge in [0.2, 0.25) is 0 Å². The normalized spacial score (nSPS) is 10.4. The van der Waals surface area contributed by atoms with Gasteiger partial charge in [-0.25, -0.2) is 4.98 Å². The van der Waals surface area contributed by atoms with Gasteiger partial charge in [-0.2, -0.15) is 0 Å². The molecule has 2 aromatic rings. The van der Waals surface area contributed by atoms with E-state index in [0.29, 0.717) is 5.88 Å². The molecule has 0 radical (unpaired) electrons. The van der Waals surface area contributed by atoms with Crippen LogP contribution >= 0.6 is 22.9 Å². The van der Waals surface area contributed by atoms with Gasteiger partial charge in [-0.1, -0.05) is 0 Å². The molecule has 0 aromatic carbocycles. The van der Waals surface area contributed by atoms with Crippen LogP contribution in [0.3, 0.4) is 0 Å². The zero-order chi connectivity index (χ0) is 8.39. The van der Waals surface area contributed by atoms with Crippen LogP contribution in [0, 0.1) is 0 Å². The number of furan rings is 1. The smallest absolute Gasteiger partial charge is 0.153 e. The summed E-state index contributed by atoms with van der Waals surface area (Å²) < 4.78 is 5.18. The number of hydrogen-bond acceptors (Lipinski definition) is 3. The molecule has 2 aromatic heterocycles. The predicted octanol–water partition coefficient (Wildman–Crippen LogP) is 3.14. The molecule has 0 amide bonds. The lowest BCUT2D eigenvalue weighted by molar-refractivity contribution is 0.580. The van der Waals surface area contributed by atoms with E-state index in [1.54, 1.807) is 17.6 Å². The zero-order valence-electron chi connectivity index (χ0n) is 6.16. The van der Waals surface area contributed by atoms with E-state index in [2.05, 4.69) is 4.98 Å². The second-order valence-electron chi connectivity index (χ2n) is 2.24. The number of halogens is 1. The van der Waals surface area contributed by atoms with Gasteiger partial charge in [-0.3, -0.25) is 0 Å². The Bertz CT molecular complexity index is 355. The molecule has 0 spiro atoms. The Kier molecular flexibility index (Phi) is 2.15. The predicted molar refractivity (Wildman–Crippen MR) is 49.4 cm³/mol. The molecule has 0 saturated carbocycles. The molecule has 2 heterocycles. The van der Waals surface area contributed by atoms with Gasteiger partial charge in [0.25, 0.3) is 0 Å². The fourth-order valence-corrected chi connectivity index (χ4v) is 1.79. The Labute approximate surface area is 78.8 Å². The summed E-state index contributed by atoms with van der Waals surface area (Å²) in [6.45, 7) is 0. The molecule has 2 nitrogen and oxygen atoms in total. The van der Waals surface area contributed by atoms with E-state index in [1.165, 1.54) is 0 Å². The highest BCUT2D eigenvalue weighted by Gasteiger charge is 2.04.